The topological polar surface area (TPSA) is 55.8 Å². The first-order valence-electron chi connectivity index (χ1n) is 9.11. The van der Waals surface area contributed by atoms with Gasteiger partial charge in [0.05, 0.1) is 0 Å². The standard InChI is InChI=1S/C19H29N3O2/c1-21(17-9-7-15(14-23)8-10-17)19(24)20-16-11-12-22(13-16)18-5-3-2-4-6-18/h2-6,15-17,23H,7-14H2,1H3,(H,20,24). The lowest BCUT2D eigenvalue weighted by Crippen LogP contribution is -2.49. The lowest BCUT2D eigenvalue weighted by Gasteiger charge is -2.34. The van der Waals surface area contributed by atoms with Gasteiger partial charge in [0.25, 0.3) is 0 Å². The number of rotatable bonds is 4. The van der Waals surface area contributed by atoms with E-state index in [9.17, 15) is 9.90 Å². The van der Waals surface area contributed by atoms with Crippen molar-refractivity contribution >= 4 is 11.7 Å². The fourth-order valence-electron chi connectivity index (χ4n) is 3.91. The Morgan fingerprint density at radius 2 is 1.92 bits per heavy atom. The smallest absolute Gasteiger partial charge is 0.317 e. The molecule has 0 radical (unpaired) electrons. The molecule has 1 aliphatic carbocycles. The Balaban J connectivity index is 1.47. The Kier molecular flexibility index (Phi) is 5.61. The minimum atomic E-state index is 0.0439. The van der Waals surface area contributed by atoms with Crippen LogP contribution in [0.5, 0.6) is 0 Å². The van der Waals surface area contributed by atoms with Crippen molar-refractivity contribution in [1.82, 2.24) is 10.2 Å². The molecule has 1 saturated heterocycles. The summed E-state index contributed by atoms with van der Waals surface area (Å²) in [6.07, 6.45) is 5.02. The highest BCUT2D eigenvalue weighted by molar-refractivity contribution is 5.74. The molecule has 0 bridgehead atoms. The Morgan fingerprint density at radius 3 is 2.58 bits per heavy atom. The Bertz CT molecular complexity index is 529. The lowest BCUT2D eigenvalue weighted by molar-refractivity contribution is 0.133. The van der Waals surface area contributed by atoms with Gasteiger partial charge in [-0.05, 0) is 50.2 Å². The highest BCUT2D eigenvalue weighted by Crippen LogP contribution is 2.27. The van der Waals surface area contributed by atoms with Crippen LogP contribution < -0.4 is 10.2 Å². The molecule has 0 aromatic heterocycles. The number of hydrogen-bond donors (Lipinski definition) is 2. The summed E-state index contributed by atoms with van der Waals surface area (Å²) in [5, 5.41) is 12.4. The Morgan fingerprint density at radius 1 is 1.21 bits per heavy atom. The number of benzene rings is 1. The normalized spacial score (nSPS) is 27.1. The van der Waals surface area contributed by atoms with E-state index < -0.39 is 0 Å². The number of carbonyl (C=O) groups is 1. The van der Waals surface area contributed by atoms with Crippen LogP contribution in [-0.4, -0.2) is 54.9 Å². The zero-order valence-corrected chi connectivity index (χ0v) is 14.5. The minimum Gasteiger partial charge on any atom is -0.396 e. The summed E-state index contributed by atoms with van der Waals surface area (Å²) in [5.41, 5.74) is 1.23. The van der Waals surface area contributed by atoms with Crippen molar-refractivity contribution in [3.8, 4) is 0 Å². The number of anilines is 1. The van der Waals surface area contributed by atoms with Crippen LogP contribution in [-0.2, 0) is 0 Å². The summed E-state index contributed by atoms with van der Waals surface area (Å²) < 4.78 is 0. The van der Waals surface area contributed by atoms with Gasteiger partial charge < -0.3 is 20.2 Å². The maximum absolute atomic E-state index is 12.5. The molecule has 1 saturated carbocycles. The largest absolute Gasteiger partial charge is 0.396 e. The van der Waals surface area contributed by atoms with Crippen LogP contribution in [0.25, 0.3) is 0 Å². The summed E-state index contributed by atoms with van der Waals surface area (Å²) in [6, 6.07) is 10.9. The number of amides is 2. The van der Waals surface area contributed by atoms with Gasteiger partial charge in [-0.15, -0.1) is 0 Å². The molecule has 1 aromatic rings. The second kappa shape index (κ2) is 7.88. The third-order valence-corrected chi connectivity index (χ3v) is 5.58. The summed E-state index contributed by atoms with van der Waals surface area (Å²) in [7, 11) is 1.91. The van der Waals surface area contributed by atoms with Crippen molar-refractivity contribution in [3.05, 3.63) is 30.3 Å². The SMILES string of the molecule is CN(C(=O)NC1CCN(c2ccccc2)C1)C1CCC(CO)CC1. The lowest BCUT2D eigenvalue weighted by atomic mass is 9.86. The molecule has 132 valence electrons. The number of nitrogens with zero attached hydrogens (tertiary/aromatic N) is 2. The van der Waals surface area contributed by atoms with Crippen molar-refractivity contribution in [1.29, 1.82) is 0 Å². The maximum Gasteiger partial charge on any atom is 0.317 e. The molecule has 3 rings (SSSR count). The molecule has 1 heterocycles. The number of aliphatic hydroxyl groups is 1. The third kappa shape index (κ3) is 4.01. The highest BCUT2D eigenvalue weighted by atomic mass is 16.3. The van der Waals surface area contributed by atoms with Crippen LogP contribution in [0.3, 0.4) is 0 Å². The van der Waals surface area contributed by atoms with Crippen molar-refractivity contribution in [2.75, 3.05) is 31.6 Å². The second-order valence-electron chi connectivity index (χ2n) is 7.18. The van der Waals surface area contributed by atoms with E-state index in [0.29, 0.717) is 12.0 Å². The average Bonchev–Trinajstić information content (AvgIpc) is 3.10. The quantitative estimate of drug-likeness (QED) is 0.891. The van der Waals surface area contributed by atoms with Gasteiger partial charge >= 0.3 is 6.03 Å². The summed E-state index contributed by atoms with van der Waals surface area (Å²) >= 11 is 0. The van der Waals surface area contributed by atoms with Crippen LogP contribution in [0, 0.1) is 5.92 Å². The Labute approximate surface area is 144 Å². The van der Waals surface area contributed by atoms with Gasteiger partial charge in [0.2, 0.25) is 0 Å². The monoisotopic (exact) mass is 331 g/mol. The highest BCUT2D eigenvalue weighted by Gasteiger charge is 2.29. The van der Waals surface area contributed by atoms with E-state index in [-0.39, 0.29) is 18.7 Å². The molecule has 2 fully saturated rings. The van der Waals surface area contributed by atoms with Crippen molar-refractivity contribution in [2.45, 2.75) is 44.2 Å². The van der Waals surface area contributed by atoms with Gasteiger partial charge in [-0.1, -0.05) is 18.2 Å². The molecule has 0 spiro atoms. The molecule has 1 aromatic carbocycles. The summed E-state index contributed by atoms with van der Waals surface area (Å²) in [6.45, 7) is 2.14. The molecule has 2 aliphatic rings. The van der Waals surface area contributed by atoms with E-state index in [1.54, 1.807) is 0 Å². The fraction of sp³-hybridized carbons (Fsp3) is 0.632. The van der Waals surface area contributed by atoms with Gasteiger partial charge in [-0.25, -0.2) is 4.79 Å². The number of carbonyl (C=O) groups excluding carboxylic acids is 1. The van der Waals surface area contributed by atoms with Crippen LogP contribution in [0.15, 0.2) is 30.3 Å². The molecule has 24 heavy (non-hydrogen) atoms. The van der Waals surface area contributed by atoms with E-state index in [1.165, 1.54) is 5.69 Å². The van der Waals surface area contributed by atoms with E-state index in [4.69, 9.17) is 0 Å². The molecule has 1 atom stereocenters. The first-order valence-corrected chi connectivity index (χ1v) is 9.11. The molecule has 5 heteroatoms. The number of urea groups is 1. The van der Waals surface area contributed by atoms with Crippen molar-refractivity contribution < 1.29 is 9.90 Å². The molecular weight excluding hydrogens is 302 g/mol. The predicted molar refractivity (Wildman–Crippen MR) is 96.2 cm³/mol. The van der Waals surface area contributed by atoms with E-state index in [1.807, 2.05) is 18.0 Å². The zero-order chi connectivity index (χ0) is 16.9. The van der Waals surface area contributed by atoms with E-state index >= 15 is 0 Å². The number of aliphatic hydroxyl groups excluding tert-OH is 1. The summed E-state index contributed by atoms with van der Waals surface area (Å²) in [4.78, 5) is 16.7. The molecule has 5 nitrogen and oxygen atoms in total. The number of nitrogens with one attached hydrogen (secondary N) is 1. The van der Waals surface area contributed by atoms with E-state index in [2.05, 4.69) is 34.5 Å². The molecule has 1 unspecified atom stereocenters. The average molecular weight is 331 g/mol. The molecule has 1 aliphatic heterocycles. The van der Waals surface area contributed by atoms with Crippen LogP contribution in [0.4, 0.5) is 10.5 Å². The van der Waals surface area contributed by atoms with Gasteiger partial charge in [-0.2, -0.15) is 0 Å². The van der Waals surface area contributed by atoms with Gasteiger partial charge in [0, 0.05) is 44.5 Å². The van der Waals surface area contributed by atoms with E-state index in [0.717, 1.165) is 45.2 Å². The van der Waals surface area contributed by atoms with Gasteiger partial charge in [0.1, 0.15) is 0 Å². The van der Waals surface area contributed by atoms with Crippen LogP contribution in [0.1, 0.15) is 32.1 Å². The molecular formula is C19H29N3O2. The predicted octanol–water partition coefficient (Wildman–Crippen LogP) is 2.46. The zero-order valence-electron chi connectivity index (χ0n) is 14.5. The maximum atomic E-state index is 12.5. The third-order valence-electron chi connectivity index (χ3n) is 5.58. The van der Waals surface area contributed by atoms with Crippen LogP contribution >= 0.6 is 0 Å². The van der Waals surface area contributed by atoms with Crippen molar-refractivity contribution in [3.63, 3.8) is 0 Å². The van der Waals surface area contributed by atoms with Gasteiger partial charge in [0.15, 0.2) is 0 Å². The fourth-order valence-corrected chi connectivity index (χ4v) is 3.91. The first kappa shape index (κ1) is 17.1. The minimum absolute atomic E-state index is 0.0439. The van der Waals surface area contributed by atoms with Gasteiger partial charge in [-0.3, -0.25) is 0 Å². The summed E-state index contributed by atoms with van der Waals surface area (Å²) in [5.74, 6) is 0.423. The Hall–Kier alpha value is -1.75. The molecule has 2 N–H and O–H groups in total. The number of hydrogen-bond acceptors (Lipinski definition) is 3. The second-order valence-corrected chi connectivity index (χ2v) is 7.18. The van der Waals surface area contributed by atoms with Crippen LogP contribution in [0.2, 0.25) is 0 Å². The molecule has 2 amide bonds. The van der Waals surface area contributed by atoms with Crippen molar-refractivity contribution in [2.24, 2.45) is 5.92 Å². The first-order chi connectivity index (χ1) is 11.7. The number of para-hydroxylation sites is 1.